The zero-order valence-electron chi connectivity index (χ0n) is 8.50. The average Bonchev–Trinajstić information content (AvgIpc) is 2.13. The van der Waals surface area contributed by atoms with Crippen molar-refractivity contribution in [1.82, 2.24) is 0 Å². The predicted octanol–water partition coefficient (Wildman–Crippen LogP) is 1.81. The molecule has 0 atom stereocenters. The molecule has 3 nitrogen and oxygen atoms in total. The molecule has 0 N–H and O–H groups in total. The molecule has 0 aliphatic heterocycles. The molecule has 0 amide bonds. The highest BCUT2D eigenvalue weighted by Crippen LogP contribution is 2.02. The van der Waals surface area contributed by atoms with E-state index in [2.05, 4.69) is 17.9 Å². The smallest absolute Gasteiger partial charge is 0.309 e. The highest BCUT2D eigenvalue weighted by Gasteiger charge is 2.01. The second-order valence-corrected chi connectivity index (χ2v) is 2.89. The minimum Gasteiger partial charge on any atom is -0.469 e. The van der Waals surface area contributed by atoms with E-state index in [9.17, 15) is 9.59 Å². The van der Waals surface area contributed by atoms with Gasteiger partial charge in [-0.05, 0) is 24.1 Å². The van der Waals surface area contributed by atoms with Crippen molar-refractivity contribution < 1.29 is 14.3 Å². The molecule has 0 aromatic rings. The summed E-state index contributed by atoms with van der Waals surface area (Å²) in [4.78, 5) is 21.8. The normalized spacial score (nSPS) is 9.86. The summed E-state index contributed by atoms with van der Waals surface area (Å²) in [6.07, 6.45) is 2.93. The molecule has 0 rings (SSSR count). The summed E-state index contributed by atoms with van der Waals surface area (Å²) in [6, 6.07) is 0. The van der Waals surface area contributed by atoms with Gasteiger partial charge in [0.15, 0.2) is 5.78 Å². The average molecular weight is 194 g/mol. The van der Waals surface area contributed by atoms with Crippen LogP contribution in [0.25, 0.3) is 0 Å². The number of rotatable bonds is 5. The number of allylic oxidation sites excluding steroid dienone is 3. The molecule has 3 heteroatoms. The molecular formula is C11H14O3. The fraction of sp³-hybridized carbons (Fsp3) is 0.273. The van der Waals surface area contributed by atoms with Crippen LogP contribution >= 0.6 is 0 Å². The Morgan fingerprint density at radius 3 is 2.29 bits per heavy atom. The molecule has 0 unspecified atom stereocenters. The Morgan fingerprint density at radius 2 is 1.86 bits per heavy atom. The van der Waals surface area contributed by atoms with Crippen molar-refractivity contribution in [3.05, 3.63) is 36.5 Å². The Bertz CT molecular complexity index is 298. The van der Waals surface area contributed by atoms with Crippen molar-refractivity contribution in [2.45, 2.75) is 13.3 Å². The Kier molecular flexibility index (Phi) is 5.22. The predicted molar refractivity (Wildman–Crippen MR) is 54.7 cm³/mol. The summed E-state index contributed by atoms with van der Waals surface area (Å²) >= 11 is 0. The first-order valence-electron chi connectivity index (χ1n) is 4.10. The Morgan fingerprint density at radius 1 is 1.29 bits per heavy atom. The van der Waals surface area contributed by atoms with Gasteiger partial charge in [0.2, 0.25) is 0 Å². The number of esters is 1. The zero-order chi connectivity index (χ0) is 11.1. The summed E-state index contributed by atoms with van der Waals surface area (Å²) in [6.45, 7) is 8.71. The molecule has 0 bridgehead atoms. The third kappa shape index (κ3) is 5.09. The Labute approximate surface area is 83.8 Å². The zero-order valence-corrected chi connectivity index (χ0v) is 8.50. The lowest BCUT2D eigenvalue weighted by Crippen LogP contribution is -2.00. The summed E-state index contributed by atoms with van der Waals surface area (Å²) in [5.41, 5.74) is 0.985. The number of hydrogen-bond acceptors (Lipinski definition) is 3. The third-order valence-electron chi connectivity index (χ3n) is 1.49. The van der Waals surface area contributed by atoms with Crippen LogP contribution in [0.4, 0.5) is 0 Å². The number of carbonyl (C=O) groups excluding carboxylic acids is 2. The van der Waals surface area contributed by atoms with Crippen LogP contribution < -0.4 is 0 Å². The summed E-state index contributed by atoms with van der Waals surface area (Å²) in [7, 11) is 1.30. The van der Waals surface area contributed by atoms with Gasteiger partial charge < -0.3 is 4.74 Å². The van der Waals surface area contributed by atoms with Crippen molar-refractivity contribution in [2.24, 2.45) is 0 Å². The minimum absolute atomic E-state index is 0.0937. The first-order chi connectivity index (χ1) is 6.47. The van der Waals surface area contributed by atoms with Crippen LogP contribution in [0, 0.1) is 0 Å². The minimum atomic E-state index is -0.373. The van der Waals surface area contributed by atoms with Crippen molar-refractivity contribution >= 4 is 11.8 Å². The molecule has 0 heterocycles. The van der Waals surface area contributed by atoms with Crippen LogP contribution in [0.2, 0.25) is 0 Å². The van der Waals surface area contributed by atoms with Gasteiger partial charge in [-0.3, -0.25) is 9.59 Å². The van der Waals surface area contributed by atoms with Crippen LogP contribution in [0.3, 0.4) is 0 Å². The SMILES string of the molecule is C=C(/C=C\C(=O)C(=C)C)CC(=O)OC. The monoisotopic (exact) mass is 194 g/mol. The molecule has 76 valence electrons. The van der Waals surface area contributed by atoms with E-state index in [0.29, 0.717) is 11.1 Å². The topological polar surface area (TPSA) is 43.4 Å². The fourth-order valence-corrected chi connectivity index (χ4v) is 0.652. The van der Waals surface area contributed by atoms with Crippen molar-refractivity contribution in [2.75, 3.05) is 7.11 Å². The lowest BCUT2D eigenvalue weighted by atomic mass is 10.1. The van der Waals surface area contributed by atoms with Gasteiger partial charge in [0, 0.05) is 0 Å². The van der Waals surface area contributed by atoms with Gasteiger partial charge in [-0.2, -0.15) is 0 Å². The van der Waals surface area contributed by atoms with Crippen LogP contribution in [-0.4, -0.2) is 18.9 Å². The molecule has 0 spiro atoms. The first-order valence-corrected chi connectivity index (χ1v) is 4.10. The fourth-order valence-electron chi connectivity index (χ4n) is 0.652. The van der Waals surface area contributed by atoms with Gasteiger partial charge in [-0.1, -0.05) is 19.2 Å². The Hall–Kier alpha value is -1.64. The van der Waals surface area contributed by atoms with E-state index in [1.807, 2.05) is 0 Å². The van der Waals surface area contributed by atoms with Crippen molar-refractivity contribution in [3.8, 4) is 0 Å². The maximum atomic E-state index is 11.1. The number of ketones is 1. The molecule has 0 radical (unpaired) electrons. The molecular weight excluding hydrogens is 180 g/mol. The molecule has 0 fully saturated rings. The van der Waals surface area contributed by atoms with E-state index in [1.165, 1.54) is 19.3 Å². The lowest BCUT2D eigenvalue weighted by Gasteiger charge is -1.97. The second kappa shape index (κ2) is 5.91. The van der Waals surface area contributed by atoms with E-state index < -0.39 is 0 Å². The van der Waals surface area contributed by atoms with Gasteiger partial charge in [0.05, 0.1) is 13.5 Å². The molecule has 0 aliphatic carbocycles. The summed E-state index contributed by atoms with van der Waals surface area (Å²) < 4.78 is 4.44. The highest BCUT2D eigenvalue weighted by molar-refractivity contribution is 6.03. The number of methoxy groups -OCH3 is 1. The quantitative estimate of drug-likeness (QED) is 0.381. The largest absolute Gasteiger partial charge is 0.469 e. The van der Waals surface area contributed by atoms with Crippen molar-refractivity contribution in [3.63, 3.8) is 0 Å². The number of carbonyl (C=O) groups is 2. The van der Waals surface area contributed by atoms with E-state index >= 15 is 0 Å². The standard InChI is InChI=1S/C11H14O3/c1-8(2)10(12)6-5-9(3)7-11(13)14-4/h5-6H,1,3,7H2,2,4H3/b6-5-. The third-order valence-corrected chi connectivity index (χ3v) is 1.49. The van der Waals surface area contributed by atoms with E-state index in [4.69, 9.17) is 0 Å². The maximum absolute atomic E-state index is 11.1. The van der Waals surface area contributed by atoms with Gasteiger partial charge in [-0.15, -0.1) is 0 Å². The molecule has 0 saturated carbocycles. The van der Waals surface area contributed by atoms with Crippen molar-refractivity contribution in [1.29, 1.82) is 0 Å². The molecule has 0 saturated heterocycles. The number of ether oxygens (including phenoxy) is 1. The Balaban J connectivity index is 4.13. The maximum Gasteiger partial charge on any atom is 0.309 e. The summed E-state index contributed by atoms with van der Waals surface area (Å²) in [5, 5.41) is 0. The van der Waals surface area contributed by atoms with Gasteiger partial charge in [0.1, 0.15) is 0 Å². The van der Waals surface area contributed by atoms with Gasteiger partial charge in [0.25, 0.3) is 0 Å². The first kappa shape index (κ1) is 12.4. The van der Waals surface area contributed by atoms with Crippen LogP contribution in [0.5, 0.6) is 0 Å². The molecule has 0 aliphatic rings. The van der Waals surface area contributed by atoms with Crippen LogP contribution in [-0.2, 0) is 14.3 Å². The molecule has 0 aromatic heterocycles. The highest BCUT2D eigenvalue weighted by atomic mass is 16.5. The molecule has 14 heavy (non-hydrogen) atoms. The second-order valence-electron chi connectivity index (χ2n) is 2.89. The van der Waals surface area contributed by atoms with Crippen LogP contribution in [0.1, 0.15) is 13.3 Å². The lowest BCUT2D eigenvalue weighted by molar-refractivity contribution is -0.139. The van der Waals surface area contributed by atoms with E-state index in [1.54, 1.807) is 6.92 Å². The van der Waals surface area contributed by atoms with Gasteiger partial charge in [-0.25, -0.2) is 0 Å². The molecule has 0 aromatic carbocycles. The van der Waals surface area contributed by atoms with Gasteiger partial charge >= 0.3 is 5.97 Å². The number of hydrogen-bond donors (Lipinski definition) is 0. The van der Waals surface area contributed by atoms with E-state index in [-0.39, 0.29) is 18.2 Å². The summed E-state index contributed by atoms with van der Waals surface area (Å²) in [5.74, 6) is -0.543. The van der Waals surface area contributed by atoms with Crippen LogP contribution in [0.15, 0.2) is 36.5 Å². The van der Waals surface area contributed by atoms with E-state index in [0.717, 1.165) is 0 Å².